The third-order valence-corrected chi connectivity index (χ3v) is 4.01. The Morgan fingerprint density at radius 2 is 2.21 bits per heavy atom. The molecule has 1 heterocycles. The van der Waals surface area contributed by atoms with E-state index in [9.17, 15) is 9.90 Å². The number of thiazole rings is 1. The molecular weight excluding hydrogens is 284 g/mol. The van der Waals surface area contributed by atoms with Crippen LogP contribution in [0.3, 0.4) is 0 Å². The number of carbonyl (C=O) groups is 1. The van der Waals surface area contributed by atoms with E-state index in [1.165, 1.54) is 29.5 Å². The lowest BCUT2D eigenvalue weighted by atomic mass is 10.1. The van der Waals surface area contributed by atoms with Gasteiger partial charge in [-0.25, -0.2) is 4.98 Å². The zero-order chi connectivity index (χ0) is 14.0. The molecule has 0 fully saturated rings. The van der Waals surface area contributed by atoms with E-state index in [0.29, 0.717) is 5.02 Å². The van der Waals surface area contributed by atoms with Gasteiger partial charge in [-0.3, -0.25) is 4.79 Å². The fraction of sp³-hybridized carbons (Fsp3) is 0.231. The van der Waals surface area contributed by atoms with Gasteiger partial charge in [0.2, 0.25) is 0 Å². The molecule has 0 saturated carbocycles. The van der Waals surface area contributed by atoms with Gasteiger partial charge >= 0.3 is 0 Å². The second kappa shape index (κ2) is 5.19. The normalized spacial score (nSPS) is 11.3. The van der Waals surface area contributed by atoms with Crippen molar-refractivity contribution in [1.29, 1.82) is 0 Å². The monoisotopic (exact) mass is 296 g/mol. The number of aromatic nitrogens is 1. The Balaban J connectivity index is 2.24. The van der Waals surface area contributed by atoms with Gasteiger partial charge < -0.3 is 10.4 Å². The Morgan fingerprint density at radius 3 is 2.84 bits per heavy atom. The minimum Gasteiger partial charge on any atom is -0.508 e. The summed E-state index contributed by atoms with van der Waals surface area (Å²) in [7, 11) is 0. The maximum atomic E-state index is 12.2. The number of halogens is 1. The Morgan fingerprint density at radius 1 is 1.47 bits per heavy atom. The smallest absolute Gasteiger partial charge is 0.253 e. The summed E-state index contributed by atoms with van der Waals surface area (Å²) in [6.45, 7) is 3.72. The van der Waals surface area contributed by atoms with Gasteiger partial charge in [0, 0.05) is 11.6 Å². The largest absolute Gasteiger partial charge is 0.508 e. The number of hydrogen-bond acceptors (Lipinski definition) is 4. The number of nitrogens with one attached hydrogen (secondary N) is 1. The van der Waals surface area contributed by atoms with Crippen LogP contribution in [0.4, 0.5) is 0 Å². The molecule has 1 aromatic carbocycles. The van der Waals surface area contributed by atoms with Crippen molar-refractivity contribution in [2.24, 2.45) is 0 Å². The van der Waals surface area contributed by atoms with Crippen LogP contribution in [0, 0.1) is 0 Å². The molecule has 19 heavy (non-hydrogen) atoms. The zero-order valence-corrected chi connectivity index (χ0v) is 12.0. The molecule has 2 N–H and O–H groups in total. The number of phenolic OH excluding ortho intramolecular Hbond substituents is 1. The molecule has 0 spiro atoms. The maximum Gasteiger partial charge on any atom is 0.253 e. The molecule has 0 unspecified atom stereocenters. The quantitative estimate of drug-likeness (QED) is 0.914. The Labute approximate surface area is 120 Å². The van der Waals surface area contributed by atoms with Crippen molar-refractivity contribution in [3.05, 3.63) is 45.4 Å². The first-order chi connectivity index (χ1) is 8.90. The van der Waals surface area contributed by atoms with Gasteiger partial charge in [0.1, 0.15) is 10.8 Å². The molecule has 1 aromatic heterocycles. The zero-order valence-electron chi connectivity index (χ0n) is 10.5. The first-order valence-electron chi connectivity index (χ1n) is 5.61. The number of benzene rings is 1. The van der Waals surface area contributed by atoms with Crippen molar-refractivity contribution in [2.45, 2.75) is 19.4 Å². The Hall–Kier alpha value is -1.59. The average Bonchev–Trinajstić information content (AvgIpc) is 2.86. The third kappa shape index (κ3) is 3.05. The van der Waals surface area contributed by atoms with Gasteiger partial charge in [-0.05, 0) is 32.0 Å². The van der Waals surface area contributed by atoms with Gasteiger partial charge in [0.15, 0.2) is 0 Å². The number of phenols is 1. The molecule has 2 aromatic rings. The second-order valence-electron chi connectivity index (χ2n) is 4.58. The van der Waals surface area contributed by atoms with Crippen LogP contribution in [0.5, 0.6) is 5.75 Å². The Bertz CT molecular complexity index is 597. The van der Waals surface area contributed by atoms with E-state index in [0.717, 1.165) is 5.01 Å². The lowest BCUT2D eigenvalue weighted by Gasteiger charge is -2.24. The van der Waals surface area contributed by atoms with E-state index in [1.807, 2.05) is 19.2 Å². The molecule has 100 valence electrons. The summed E-state index contributed by atoms with van der Waals surface area (Å²) in [4.78, 5) is 16.4. The van der Waals surface area contributed by atoms with Crippen LogP contribution in [-0.4, -0.2) is 16.0 Å². The van der Waals surface area contributed by atoms with Crippen LogP contribution in [0.1, 0.15) is 29.2 Å². The Kier molecular flexibility index (Phi) is 3.78. The van der Waals surface area contributed by atoms with Crippen LogP contribution in [0.25, 0.3) is 0 Å². The highest BCUT2D eigenvalue weighted by molar-refractivity contribution is 7.09. The molecule has 4 nitrogen and oxygen atoms in total. The molecule has 6 heteroatoms. The van der Waals surface area contributed by atoms with Crippen molar-refractivity contribution in [2.75, 3.05) is 0 Å². The number of nitrogens with zero attached hydrogens (tertiary/aromatic N) is 1. The molecule has 0 radical (unpaired) electrons. The second-order valence-corrected chi connectivity index (χ2v) is 5.88. The summed E-state index contributed by atoms with van der Waals surface area (Å²) in [5.41, 5.74) is -0.355. The summed E-state index contributed by atoms with van der Waals surface area (Å²) in [5.74, 6) is -0.345. The molecule has 0 aliphatic rings. The fourth-order valence-corrected chi connectivity index (χ4v) is 2.55. The fourth-order valence-electron chi connectivity index (χ4n) is 1.62. The molecule has 1 amide bonds. The van der Waals surface area contributed by atoms with E-state index in [1.54, 1.807) is 6.20 Å². The number of rotatable bonds is 3. The highest BCUT2D eigenvalue weighted by Crippen LogP contribution is 2.25. The summed E-state index contributed by atoms with van der Waals surface area (Å²) in [5, 5.41) is 15.2. The summed E-state index contributed by atoms with van der Waals surface area (Å²) in [6.07, 6.45) is 1.69. The molecule has 0 atom stereocenters. The third-order valence-electron chi connectivity index (χ3n) is 2.59. The number of amides is 1. The standard InChI is InChI=1S/C13H13ClN2O2S/c1-13(2,12-15-5-6-19-12)16-11(18)9-7-8(17)3-4-10(9)14/h3-7,17H,1-2H3,(H,16,18). The van der Waals surface area contributed by atoms with Gasteiger partial charge in [-0.1, -0.05) is 11.6 Å². The van der Waals surface area contributed by atoms with E-state index < -0.39 is 5.54 Å². The van der Waals surface area contributed by atoms with Crippen molar-refractivity contribution in [1.82, 2.24) is 10.3 Å². The van der Waals surface area contributed by atoms with E-state index in [2.05, 4.69) is 10.3 Å². The molecule has 0 saturated heterocycles. The van der Waals surface area contributed by atoms with Gasteiger partial charge in [0.05, 0.1) is 16.1 Å². The first kappa shape index (κ1) is 13.8. The van der Waals surface area contributed by atoms with Crippen LogP contribution >= 0.6 is 22.9 Å². The molecule has 0 bridgehead atoms. The predicted octanol–water partition coefficient (Wildman–Crippen LogP) is 3.17. The van der Waals surface area contributed by atoms with Crippen LogP contribution in [0.2, 0.25) is 5.02 Å². The maximum absolute atomic E-state index is 12.2. The number of carbonyl (C=O) groups excluding carboxylic acids is 1. The minimum absolute atomic E-state index is 0.00149. The predicted molar refractivity (Wildman–Crippen MR) is 75.7 cm³/mol. The van der Waals surface area contributed by atoms with Crippen molar-refractivity contribution < 1.29 is 9.90 Å². The van der Waals surface area contributed by atoms with E-state index >= 15 is 0 Å². The topological polar surface area (TPSA) is 62.2 Å². The summed E-state index contributed by atoms with van der Waals surface area (Å²) < 4.78 is 0. The molecular formula is C13H13ClN2O2S. The number of hydrogen-bond donors (Lipinski definition) is 2. The average molecular weight is 297 g/mol. The number of aromatic hydroxyl groups is 1. The molecule has 0 aliphatic carbocycles. The van der Waals surface area contributed by atoms with Gasteiger partial charge in [-0.15, -0.1) is 11.3 Å². The van der Waals surface area contributed by atoms with E-state index in [4.69, 9.17) is 11.6 Å². The van der Waals surface area contributed by atoms with Crippen molar-refractivity contribution >= 4 is 28.8 Å². The van der Waals surface area contributed by atoms with Crippen molar-refractivity contribution in [3.8, 4) is 5.75 Å². The molecule has 2 rings (SSSR count). The van der Waals surface area contributed by atoms with E-state index in [-0.39, 0.29) is 17.2 Å². The summed E-state index contributed by atoms with van der Waals surface area (Å²) in [6, 6.07) is 4.27. The highest BCUT2D eigenvalue weighted by Gasteiger charge is 2.26. The van der Waals surface area contributed by atoms with Gasteiger partial charge in [0.25, 0.3) is 5.91 Å². The first-order valence-corrected chi connectivity index (χ1v) is 6.87. The lowest BCUT2D eigenvalue weighted by molar-refractivity contribution is 0.0911. The summed E-state index contributed by atoms with van der Waals surface area (Å²) >= 11 is 7.43. The SMILES string of the molecule is CC(C)(NC(=O)c1cc(O)ccc1Cl)c1nccs1. The van der Waals surface area contributed by atoms with Crippen LogP contribution < -0.4 is 5.32 Å². The van der Waals surface area contributed by atoms with Crippen molar-refractivity contribution in [3.63, 3.8) is 0 Å². The minimum atomic E-state index is -0.597. The molecule has 0 aliphatic heterocycles. The highest BCUT2D eigenvalue weighted by atomic mass is 35.5. The van der Waals surface area contributed by atoms with Crippen LogP contribution in [0.15, 0.2) is 29.8 Å². The van der Waals surface area contributed by atoms with Crippen LogP contribution in [-0.2, 0) is 5.54 Å². The lowest BCUT2D eigenvalue weighted by Crippen LogP contribution is -2.41. The van der Waals surface area contributed by atoms with Gasteiger partial charge in [-0.2, -0.15) is 0 Å².